The highest BCUT2D eigenvalue weighted by Gasteiger charge is 2.18. The fourth-order valence-electron chi connectivity index (χ4n) is 1.83. The minimum atomic E-state index is -0.138. The van der Waals surface area contributed by atoms with Crippen LogP contribution in [0.4, 0.5) is 0 Å². The summed E-state index contributed by atoms with van der Waals surface area (Å²) in [5, 5.41) is 4.56. The zero-order valence-electron chi connectivity index (χ0n) is 11.6. The first-order valence-electron chi connectivity index (χ1n) is 6.15. The van der Waals surface area contributed by atoms with Gasteiger partial charge < -0.3 is 0 Å². The highest BCUT2D eigenvalue weighted by atomic mass is 79.9. The maximum Gasteiger partial charge on any atom is 0.153 e. The molecule has 1 aromatic carbocycles. The van der Waals surface area contributed by atoms with Gasteiger partial charge in [-0.1, -0.05) is 22.0 Å². The number of benzene rings is 1. The van der Waals surface area contributed by atoms with Crippen molar-refractivity contribution in [2.45, 2.75) is 33.2 Å². The summed E-state index contributed by atoms with van der Waals surface area (Å²) in [4.78, 5) is 11.2. The summed E-state index contributed by atoms with van der Waals surface area (Å²) in [6, 6.07) is 5.99. The highest BCUT2D eigenvalue weighted by molar-refractivity contribution is 9.10. The molecule has 0 N–H and O–H groups in total. The third kappa shape index (κ3) is 2.78. The number of carbonyl (C=O) groups is 1. The maximum absolute atomic E-state index is 11.2. The topological polar surface area (TPSA) is 34.9 Å². The predicted octanol–water partition coefficient (Wildman–Crippen LogP) is 4.19. The Kier molecular flexibility index (Phi) is 3.63. The third-order valence-corrected chi connectivity index (χ3v) is 3.88. The molecule has 0 spiro atoms. The van der Waals surface area contributed by atoms with E-state index in [0.717, 1.165) is 27.6 Å². The Morgan fingerprint density at radius 3 is 2.53 bits per heavy atom. The summed E-state index contributed by atoms with van der Waals surface area (Å²) in [5.74, 6) is 0. The van der Waals surface area contributed by atoms with E-state index < -0.39 is 0 Å². The SMILES string of the molecule is Cc1cc(-c2nn(C(C)(C)C)cc2C=O)ccc1Br. The lowest BCUT2D eigenvalue weighted by molar-refractivity contribution is 0.112. The second-order valence-electron chi connectivity index (χ2n) is 5.63. The summed E-state index contributed by atoms with van der Waals surface area (Å²) in [6.07, 6.45) is 2.67. The first-order valence-corrected chi connectivity index (χ1v) is 6.94. The number of aryl methyl sites for hydroxylation is 1. The molecule has 0 fully saturated rings. The molecule has 0 aliphatic rings. The number of rotatable bonds is 2. The molecule has 0 radical (unpaired) electrons. The molecule has 0 saturated carbocycles. The first kappa shape index (κ1) is 14.0. The molecule has 2 rings (SSSR count). The van der Waals surface area contributed by atoms with Gasteiger partial charge in [-0.3, -0.25) is 9.48 Å². The van der Waals surface area contributed by atoms with Crippen molar-refractivity contribution in [3.05, 3.63) is 40.0 Å². The normalized spacial score (nSPS) is 11.6. The van der Waals surface area contributed by atoms with Crippen molar-refractivity contribution in [1.29, 1.82) is 0 Å². The van der Waals surface area contributed by atoms with Gasteiger partial charge in [-0.05, 0) is 45.4 Å². The van der Waals surface area contributed by atoms with Crippen LogP contribution in [0.1, 0.15) is 36.7 Å². The van der Waals surface area contributed by atoms with E-state index in [2.05, 4.69) is 41.8 Å². The zero-order chi connectivity index (χ0) is 14.2. The molecule has 2 aromatic rings. The van der Waals surface area contributed by atoms with Crippen LogP contribution in [0.2, 0.25) is 0 Å². The van der Waals surface area contributed by atoms with Gasteiger partial charge in [0.1, 0.15) is 5.69 Å². The van der Waals surface area contributed by atoms with Gasteiger partial charge in [0.25, 0.3) is 0 Å². The van der Waals surface area contributed by atoms with E-state index in [4.69, 9.17) is 0 Å². The number of aromatic nitrogens is 2. The van der Waals surface area contributed by atoms with Crippen LogP contribution in [0.15, 0.2) is 28.9 Å². The Morgan fingerprint density at radius 1 is 1.32 bits per heavy atom. The van der Waals surface area contributed by atoms with E-state index in [1.165, 1.54) is 0 Å². The fourth-order valence-corrected chi connectivity index (χ4v) is 2.08. The van der Waals surface area contributed by atoms with E-state index in [1.807, 2.05) is 29.8 Å². The van der Waals surface area contributed by atoms with Crippen molar-refractivity contribution >= 4 is 22.2 Å². The van der Waals surface area contributed by atoms with Crippen molar-refractivity contribution in [3.63, 3.8) is 0 Å². The highest BCUT2D eigenvalue weighted by Crippen LogP contribution is 2.27. The molecule has 100 valence electrons. The Bertz CT molecular complexity index is 624. The van der Waals surface area contributed by atoms with Crippen LogP contribution in [0.3, 0.4) is 0 Å². The van der Waals surface area contributed by atoms with Gasteiger partial charge in [0.05, 0.1) is 11.1 Å². The Labute approximate surface area is 121 Å². The molecule has 3 nitrogen and oxygen atoms in total. The van der Waals surface area contributed by atoms with Crippen molar-refractivity contribution in [1.82, 2.24) is 9.78 Å². The molecule has 0 aliphatic heterocycles. The van der Waals surface area contributed by atoms with E-state index in [-0.39, 0.29) is 5.54 Å². The molecular weight excluding hydrogens is 304 g/mol. The van der Waals surface area contributed by atoms with E-state index in [9.17, 15) is 4.79 Å². The summed E-state index contributed by atoms with van der Waals surface area (Å²) in [5.41, 5.74) is 3.31. The Hall–Kier alpha value is -1.42. The third-order valence-electron chi connectivity index (χ3n) is 2.99. The minimum absolute atomic E-state index is 0.138. The molecule has 4 heteroatoms. The molecule has 0 amide bonds. The lowest BCUT2D eigenvalue weighted by Gasteiger charge is -2.18. The van der Waals surface area contributed by atoms with Crippen molar-refractivity contribution in [2.75, 3.05) is 0 Å². The first-order chi connectivity index (χ1) is 8.82. The summed E-state index contributed by atoms with van der Waals surface area (Å²) < 4.78 is 2.89. The van der Waals surface area contributed by atoms with Crippen molar-refractivity contribution in [3.8, 4) is 11.3 Å². The number of hydrogen-bond donors (Lipinski definition) is 0. The van der Waals surface area contributed by atoms with Crippen LogP contribution in [0, 0.1) is 6.92 Å². The average molecular weight is 321 g/mol. The number of carbonyl (C=O) groups excluding carboxylic acids is 1. The van der Waals surface area contributed by atoms with Crippen LogP contribution in [0.25, 0.3) is 11.3 Å². The second kappa shape index (κ2) is 4.93. The second-order valence-corrected chi connectivity index (χ2v) is 6.48. The lowest BCUT2D eigenvalue weighted by Crippen LogP contribution is -2.22. The standard InChI is InChI=1S/C15H17BrN2O/c1-10-7-11(5-6-13(10)16)14-12(9-19)8-18(17-14)15(2,3)4/h5-9H,1-4H3. The zero-order valence-corrected chi connectivity index (χ0v) is 13.2. The van der Waals surface area contributed by atoms with E-state index in [0.29, 0.717) is 5.56 Å². The summed E-state index contributed by atoms with van der Waals surface area (Å²) in [6.45, 7) is 8.20. The van der Waals surface area contributed by atoms with Gasteiger partial charge in [0.15, 0.2) is 6.29 Å². The summed E-state index contributed by atoms with van der Waals surface area (Å²) in [7, 11) is 0. The predicted molar refractivity (Wildman–Crippen MR) is 80.5 cm³/mol. The van der Waals surface area contributed by atoms with Gasteiger partial charge in [0, 0.05) is 16.2 Å². The molecule has 19 heavy (non-hydrogen) atoms. The Morgan fingerprint density at radius 2 is 2.00 bits per heavy atom. The van der Waals surface area contributed by atoms with Crippen LogP contribution in [-0.4, -0.2) is 16.1 Å². The maximum atomic E-state index is 11.2. The largest absolute Gasteiger partial charge is 0.298 e. The number of nitrogens with zero attached hydrogens (tertiary/aromatic N) is 2. The number of hydrogen-bond acceptors (Lipinski definition) is 2. The molecule has 0 unspecified atom stereocenters. The van der Waals surface area contributed by atoms with Gasteiger partial charge in [0.2, 0.25) is 0 Å². The van der Waals surface area contributed by atoms with Crippen molar-refractivity contribution in [2.24, 2.45) is 0 Å². The van der Waals surface area contributed by atoms with Gasteiger partial charge in [-0.2, -0.15) is 5.10 Å². The molecule has 0 aliphatic carbocycles. The van der Waals surface area contributed by atoms with Crippen LogP contribution in [0.5, 0.6) is 0 Å². The molecule has 1 aromatic heterocycles. The van der Waals surface area contributed by atoms with E-state index in [1.54, 1.807) is 6.20 Å². The van der Waals surface area contributed by atoms with Gasteiger partial charge >= 0.3 is 0 Å². The number of halogens is 1. The monoisotopic (exact) mass is 320 g/mol. The fraction of sp³-hybridized carbons (Fsp3) is 0.333. The Balaban J connectivity index is 2.58. The van der Waals surface area contributed by atoms with E-state index >= 15 is 0 Å². The van der Waals surface area contributed by atoms with Gasteiger partial charge in [-0.15, -0.1) is 0 Å². The molecule has 0 saturated heterocycles. The smallest absolute Gasteiger partial charge is 0.153 e. The molecule has 1 heterocycles. The quantitative estimate of drug-likeness (QED) is 0.778. The average Bonchev–Trinajstić information content (AvgIpc) is 2.76. The molecule has 0 bridgehead atoms. The minimum Gasteiger partial charge on any atom is -0.298 e. The number of aldehydes is 1. The van der Waals surface area contributed by atoms with Crippen LogP contribution in [-0.2, 0) is 5.54 Å². The van der Waals surface area contributed by atoms with Crippen molar-refractivity contribution < 1.29 is 4.79 Å². The van der Waals surface area contributed by atoms with Crippen LogP contribution < -0.4 is 0 Å². The van der Waals surface area contributed by atoms with Crippen LogP contribution >= 0.6 is 15.9 Å². The molecule has 0 atom stereocenters. The van der Waals surface area contributed by atoms with Gasteiger partial charge in [-0.25, -0.2) is 0 Å². The summed E-state index contributed by atoms with van der Waals surface area (Å²) >= 11 is 3.48. The lowest BCUT2D eigenvalue weighted by atomic mass is 10.1. The molecular formula is C15H17BrN2O.